The lowest BCUT2D eigenvalue weighted by Gasteiger charge is -1.95. The van der Waals surface area contributed by atoms with Crippen LogP contribution >= 0.6 is 0 Å². The Balaban J connectivity index is 1.65. The molecule has 2 aromatic heterocycles. The lowest BCUT2D eigenvalue weighted by Crippen LogP contribution is -2.06. The van der Waals surface area contributed by atoms with Crippen molar-refractivity contribution < 1.29 is 9.32 Å². The van der Waals surface area contributed by atoms with Gasteiger partial charge in [0.1, 0.15) is 5.69 Å². The van der Waals surface area contributed by atoms with Crippen molar-refractivity contribution in [3.05, 3.63) is 72.4 Å². The quantitative estimate of drug-likeness (QED) is 0.748. The smallest absolute Gasteiger partial charge is 0.250 e. The van der Waals surface area contributed by atoms with Crippen LogP contribution in [0.15, 0.2) is 71.4 Å². The van der Waals surface area contributed by atoms with Crippen molar-refractivity contribution in [1.82, 2.24) is 10.1 Å². The molecule has 0 atom stereocenters. The first kappa shape index (κ1) is 13.8. The average Bonchev–Trinajstić information content (AvgIpc) is 3.03. The monoisotopic (exact) mass is 291 g/mol. The van der Waals surface area contributed by atoms with Gasteiger partial charge in [-0.05, 0) is 23.8 Å². The largest absolute Gasteiger partial charge is 0.338 e. The summed E-state index contributed by atoms with van der Waals surface area (Å²) in [4.78, 5) is 16.0. The van der Waals surface area contributed by atoms with Crippen LogP contribution < -0.4 is 5.32 Å². The summed E-state index contributed by atoms with van der Waals surface area (Å²) in [5.41, 5.74) is 2.21. The van der Waals surface area contributed by atoms with Crippen LogP contribution in [0.4, 0.5) is 5.88 Å². The molecule has 0 aliphatic heterocycles. The molecule has 0 aliphatic carbocycles. The predicted molar refractivity (Wildman–Crippen MR) is 83.8 cm³/mol. The normalized spacial score (nSPS) is 10.7. The van der Waals surface area contributed by atoms with Crippen molar-refractivity contribution in [3.8, 4) is 11.4 Å². The minimum absolute atomic E-state index is 0.281. The second-order valence-corrected chi connectivity index (χ2v) is 4.52. The summed E-state index contributed by atoms with van der Waals surface area (Å²) < 4.78 is 5.09. The summed E-state index contributed by atoms with van der Waals surface area (Å²) >= 11 is 0. The number of nitrogens with zero attached hydrogens (tertiary/aromatic N) is 2. The summed E-state index contributed by atoms with van der Waals surface area (Å²) in [6.45, 7) is 0. The summed E-state index contributed by atoms with van der Waals surface area (Å²) in [7, 11) is 0. The van der Waals surface area contributed by atoms with E-state index in [-0.39, 0.29) is 11.8 Å². The molecule has 3 rings (SSSR count). The molecular weight excluding hydrogens is 278 g/mol. The number of carbonyl (C=O) groups is 1. The highest BCUT2D eigenvalue weighted by Crippen LogP contribution is 2.19. The Bertz CT molecular complexity index is 780. The fourth-order valence-corrected chi connectivity index (χ4v) is 1.87. The number of nitrogens with one attached hydrogen (secondary N) is 1. The van der Waals surface area contributed by atoms with Crippen LogP contribution in [0.25, 0.3) is 17.5 Å². The third-order valence-corrected chi connectivity index (χ3v) is 2.91. The van der Waals surface area contributed by atoms with Gasteiger partial charge in [-0.15, -0.1) is 0 Å². The van der Waals surface area contributed by atoms with Crippen LogP contribution in [0.3, 0.4) is 0 Å². The van der Waals surface area contributed by atoms with Gasteiger partial charge in [0.2, 0.25) is 5.88 Å². The molecule has 0 spiro atoms. The molecule has 0 bridgehead atoms. The molecule has 5 heteroatoms. The second kappa shape index (κ2) is 6.49. The lowest BCUT2D eigenvalue weighted by molar-refractivity contribution is -0.112. The number of rotatable bonds is 4. The van der Waals surface area contributed by atoms with Gasteiger partial charge in [0.25, 0.3) is 5.91 Å². The topological polar surface area (TPSA) is 68.0 Å². The lowest BCUT2D eigenvalue weighted by atomic mass is 10.2. The molecule has 1 N–H and O–H groups in total. The van der Waals surface area contributed by atoms with E-state index in [1.807, 2.05) is 48.5 Å². The van der Waals surface area contributed by atoms with E-state index >= 15 is 0 Å². The number of carbonyl (C=O) groups excluding carboxylic acids is 1. The highest BCUT2D eigenvalue weighted by atomic mass is 16.5. The molecule has 0 saturated heterocycles. The molecule has 0 unspecified atom stereocenters. The minimum Gasteiger partial charge on any atom is -0.338 e. The van der Waals surface area contributed by atoms with E-state index in [4.69, 9.17) is 4.52 Å². The molecule has 2 heterocycles. The maximum absolute atomic E-state index is 11.8. The zero-order valence-corrected chi connectivity index (χ0v) is 11.6. The Morgan fingerprint density at radius 1 is 1.05 bits per heavy atom. The first-order chi connectivity index (χ1) is 10.8. The van der Waals surface area contributed by atoms with Crippen LogP contribution in [-0.2, 0) is 4.79 Å². The third kappa shape index (κ3) is 3.46. The van der Waals surface area contributed by atoms with Gasteiger partial charge in [-0.1, -0.05) is 41.6 Å². The van der Waals surface area contributed by atoms with E-state index in [2.05, 4.69) is 15.5 Å². The average molecular weight is 291 g/mol. The highest BCUT2D eigenvalue weighted by molar-refractivity contribution is 6.01. The van der Waals surface area contributed by atoms with E-state index in [0.717, 1.165) is 5.56 Å². The standard InChI is InChI=1S/C17H13N3O2/c21-16(10-9-13-6-2-1-3-7-13)19-17-12-15(20-22-17)14-8-4-5-11-18-14/h1-12H,(H,19,21). The number of hydrogen-bond acceptors (Lipinski definition) is 4. The summed E-state index contributed by atoms with van der Waals surface area (Å²) in [6, 6.07) is 16.7. The number of amides is 1. The van der Waals surface area contributed by atoms with Gasteiger partial charge in [0, 0.05) is 18.3 Å². The van der Waals surface area contributed by atoms with Gasteiger partial charge >= 0.3 is 0 Å². The molecule has 108 valence electrons. The number of anilines is 1. The Hall–Kier alpha value is -3.21. The van der Waals surface area contributed by atoms with Crippen LogP contribution in [0.2, 0.25) is 0 Å². The minimum atomic E-state index is -0.285. The van der Waals surface area contributed by atoms with Crippen LogP contribution in [0, 0.1) is 0 Å². The van der Waals surface area contributed by atoms with E-state index in [1.54, 1.807) is 18.3 Å². The number of hydrogen-bond donors (Lipinski definition) is 1. The van der Waals surface area contributed by atoms with Crippen molar-refractivity contribution in [2.24, 2.45) is 0 Å². The van der Waals surface area contributed by atoms with Crippen LogP contribution in [0.1, 0.15) is 5.56 Å². The fourth-order valence-electron chi connectivity index (χ4n) is 1.87. The van der Waals surface area contributed by atoms with Gasteiger partial charge in [-0.25, -0.2) is 0 Å². The van der Waals surface area contributed by atoms with Gasteiger partial charge in [-0.2, -0.15) is 0 Å². The molecule has 0 saturated carbocycles. The van der Waals surface area contributed by atoms with Gasteiger partial charge in [-0.3, -0.25) is 15.1 Å². The summed E-state index contributed by atoms with van der Waals surface area (Å²) in [6.07, 6.45) is 4.84. The third-order valence-electron chi connectivity index (χ3n) is 2.91. The van der Waals surface area contributed by atoms with E-state index in [1.165, 1.54) is 6.08 Å². The second-order valence-electron chi connectivity index (χ2n) is 4.52. The van der Waals surface area contributed by atoms with E-state index in [0.29, 0.717) is 11.4 Å². The maximum atomic E-state index is 11.8. The zero-order chi connectivity index (χ0) is 15.2. The van der Waals surface area contributed by atoms with E-state index < -0.39 is 0 Å². The van der Waals surface area contributed by atoms with E-state index in [9.17, 15) is 4.79 Å². The first-order valence-electron chi connectivity index (χ1n) is 6.73. The summed E-state index contributed by atoms with van der Waals surface area (Å²) in [5.74, 6) is -0.00376. The molecule has 0 radical (unpaired) electrons. The van der Waals surface area contributed by atoms with Gasteiger partial charge in [0.05, 0.1) is 5.69 Å². The molecule has 1 amide bonds. The molecule has 0 fully saturated rings. The van der Waals surface area contributed by atoms with Crippen molar-refractivity contribution >= 4 is 17.9 Å². The van der Waals surface area contributed by atoms with Crippen molar-refractivity contribution in [2.75, 3.05) is 5.32 Å². The molecule has 22 heavy (non-hydrogen) atoms. The highest BCUT2D eigenvalue weighted by Gasteiger charge is 2.08. The zero-order valence-electron chi connectivity index (χ0n) is 11.6. The Morgan fingerprint density at radius 3 is 2.64 bits per heavy atom. The van der Waals surface area contributed by atoms with Crippen LogP contribution in [-0.4, -0.2) is 16.0 Å². The Morgan fingerprint density at radius 2 is 1.86 bits per heavy atom. The van der Waals surface area contributed by atoms with Crippen molar-refractivity contribution in [3.63, 3.8) is 0 Å². The number of pyridine rings is 1. The molecule has 3 aromatic rings. The fraction of sp³-hybridized carbons (Fsp3) is 0. The Kier molecular flexibility index (Phi) is 4.06. The predicted octanol–water partition coefficient (Wildman–Crippen LogP) is 3.39. The Labute approximate surface area is 127 Å². The van der Waals surface area contributed by atoms with Gasteiger partial charge < -0.3 is 4.52 Å². The molecule has 5 nitrogen and oxygen atoms in total. The molecule has 0 aliphatic rings. The van der Waals surface area contributed by atoms with Crippen molar-refractivity contribution in [1.29, 1.82) is 0 Å². The molecule has 1 aromatic carbocycles. The molecular formula is C17H13N3O2. The van der Waals surface area contributed by atoms with Crippen molar-refractivity contribution in [2.45, 2.75) is 0 Å². The van der Waals surface area contributed by atoms with Crippen LogP contribution in [0.5, 0.6) is 0 Å². The number of aromatic nitrogens is 2. The number of benzene rings is 1. The summed E-state index contributed by atoms with van der Waals surface area (Å²) in [5, 5.41) is 6.50. The maximum Gasteiger partial charge on any atom is 0.250 e. The SMILES string of the molecule is O=C(C=Cc1ccccc1)Nc1cc(-c2ccccn2)no1. The first-order valence-corrected chi connectivity index (χ1v) is 6.73. The van der Waals surface area contributed by atoms with Gasteiger partial charge in [0.15, 0.2) is 0 Å².